The van der Waals surface area contributed by atoms with Gasteiger partial charge in [-0.2, -0.15) is 5.10 Å². The van der Waals surface area contributed by atoms with Gasteiger partial charge in [-0.15, -0.1) is 0 Å². The summed E-state index contributed by atoms with van der Waals surface area (Å²) in [5, 5.41) is 7.33. The number of nitrogens with one attached hydrogen (secondary N) is 1. The van der Waals surface area contributed by atoms with Gasteiger partial charge in [-0.05, 0) is 36.6 Å². The van der Waals surface area contributed by atoms with E-state index in [1.807, 2.05) is 14.1 Å². The van der Waals surface area contributed by atoms with Gasteiger partial charge in [-0.25, -0.2) is 4.39 Å². The Morgan fingerprint density at radius 1 is 1.65 bits per heavy atom. The van der Waals surface area contributed by atoms with Crippen molar-refractivity contribution in [1.82, 2.24) is 20.0 Å². The summed E-state index contributed by atoms with van der Waals surface area (Å²) in [6.45, 7) is 2.66. The molecule has 96 valence electrons. The average molecular weight is 305 g/mol. The third-order valence-electron chi connectivity index (χ3n) is 3.08. The van der Waals surface area contributed by atoms with Crippen LogP contribution in [0.4, 0.5) is 4.39 Å². The highest BCUT2D eigenvalue weighted by molar-refractivity contribution is 9.10. The molecule has 1 aliphatic heterocycles. The summed E-state index contributed by atoms with van der Waals surface area (Å²) >= 11 is 3.40. The van der Waals surface area contributed by atoms with Crippen LogP contribution in [0.1, 0.15) is 12.1 Å². The fraction of sp³-hybridized carbons (Fsp3) is 0.727. The standard InChI is InChI=1S/C11H18BrFN4/c1-16(2)5-6-17-10(9(12)7-15-17)11(13)3-4-14-8-11/h7,14H,3-6,8H2,1-2H3. The van der Waals surface area contributed by atoms with Gasteiger partial charge in [0.25, 0.3) is 0 Å². The first-order valence-corrected chi connectivity index (χ1v) is 6.58. The lowest BCUT2D eigenvalue weighted by Gasteiger charge is -2.21. The first kappa shape index (κ1) is 13.0. The van der Waals surface area contributed by atoms with Crippen molar-refractivity contribution in [2.45, 2.75) is 18.6 Å². The normalized spacial score (nSPS) is 24.8. The minimum absolute atomic E-state index is 0.374. The molecule has 0 bridgehead atoms. The number of alkyl halides is 1. The lowest BCUT2D eigenvalue weighted by Crippen LogP contribution is -2.29. The predicted molar refractivity (Wildman–Crippen MR) is 68.8 cm³/mol. The van der Waals surface area contributed by atoms with Crippen LogP contribution < -0.4 is 5.32 Å². The Morgan fingerprint density at radius 3 is 3.00 bits per heavy atom. The third-order valence-corrected chi connectivity index (χ3v) is 3.66. The Kier molecular flexibility index (Phi) is 3.85. The van der Waals surface area contributed by atoms with Gasteiger partial charge in [0, 0.05) is 19.5 Å². The summed E-state index contributed by atoms with van der Waals surface area (Å²) < 4.78 is 17.3. The zero-order chi connectivity index (χ0) is 12.5. The van der Waals surface area contributed by atoms with Gasteiger partial charge in [0.2, 0.25) is 0 Å². The number of hydrogen-bond donors (Lipinski definition) is 1. The van der Waals surface area contributed by atoms with Crippen LogP contribution in [-0.4, -0.2) is 48.4 Å². The van der Waals surface area contributed by atoms with Crippen molar-refractivity contribution >= 4 is 15.9 Å². The van der Waals surface area contributed by atoms with E-state index in [9.17, 15) is 4.39 Å². The second kappa shape index (κ2) is 5.04. The van der Waals surface area contributed by atoms with Gasteiger partial charge < -0.3 is 10.2 Å². The van der Waals surface area contributed by atoms with Gasteiger partial charge >= 0.3 is 0 Å². The number of nitrogens with zero attached hydrogens (tertiary/aromatic N) is 3. The summed E-state index contributed by atoms with van der Waals surface area (Å²) in [5.41, 5.74) is -0.619. The van der Waals surface area contributed by atoms with Crippen LogP contribution in [0.5, 0.6) is 0 Å². The van der Waals surface area contributed by atoms with Gasteiger partial charge in [0.05, 0.1) is 22.9 Å². The van der Waals surface area contributed by atoms with E-state index in [1.165, 1.54) is 0 Å². The van der Waals surface area contributed by atoms with Crippen molar-refractivity contribution in [3.63, 3.8) is 0 Å². The smallest absolute Gasteiger partial charge is 0.167 e. The monoisotopic (exact) mass is 304 g/mol. The molecule has 1 N–H and O–H groups in total. The van der Waals surface area contributed by atoms with Crippen LogP contribution in [0.2, 0.25) is 0 Å². The van der Waals surface area contributed by atoms with E-state index in [1.54, 1.807) is 10.9 Å². The molecule has 0 aromatic carbocycles. The molecule has 1 aromatic rings. The van der Waals surface area contributed by atoms with E-state index in [4.69, 9.17) is 0 Å². The second-order valence-corrected chi connectivity index (χ2v) is 5.61. The summed E-state index contributed by atoms with van der Waals surface area (Å²) in [7, 11) is 4.00. The van der Waals surface area contributed by atoms with Gasteiger partial charge in [0.15, 0.2) is 5.67 Å². The van der Waals surface area contributed by atoms with Gasteiger partial charge in [0.1, 0.15) is 0 Å². The second-order valence-electron chi connectivity index (χ2n) is 4.76. The molecule has 0 saturated carbocycles. The minimum Gasteiger partial charge on any atom is -0.313 e. The molecule has 2 rings (SSSR count). The third kappa shape index (κ3) is 2.69. The number of likely N-dealkylation sites (N-methyl/N-ethyl adjacent to an activating group) is 1. The quantitative estimate of drug-likeness (QED) is 0.912. The molecule has 2 heterocycles. The van der Waals surface area contributed by atoms with E-state index < -0.39 is 5.67 Å². The Hall–Kier alpha value is -0.460. The largest absolute Gasteiger partial charge is 0.313 e. The molecule has 1 aromatic heterocycles. The molecular formula is C11H18BrFN4. The summed E-state index contributed by atoms with van der Waals surface area (Å²) in [5.74, 6) is 0. The van der Waals surface area contributed by atoms with Crippen molar-refractivity contribution in [2.24, 2.45) is 0 Å². The van der Waals surface area contributed by atoms with Gasteiger partial charge in [-0.3, -0.25) is 4.68 Å². The van der Waals surface area contributed by atoms with Crippen LogP contribution in [0.15, 0.2) is 10.7 Å². The average Bonchev–Trinajstić information content (AvgIpc) is 2.83. The van der Waals surface area contributed by atoms with Gasteiger partial charge in [-0.1, -0.05) is 0 Å². The zero-order valence-electron chi connectivity index (χ0n) is 10.2. The van der Waals surface area contributed by atoms with Crippen LogP contribution in [0.25, 0.3) is 0 Å². The highest BCUT2D eigenvalue weighted by atomic mass is 79.9. The van der Waals surface area contributed by atoms with E-state index in [0.717, 1.165) is 17.6 Å². The SMILES string of the molecule is CN(C)CCn1ncc(Br)c1C1(F)CCNC1. The summed E-state index contributed by atoms with van der Waals surface area (Å²) in [6.07, 6.45) is 2.20. The van der Waals surface area contributed by atoms with E-state index in [2.05, 4.69) is 31.2 Å². The molecule has 1 atom stereocenters. The zero-order valence-corrected chi connectivity index (χ0v) is 11.8. The topological polar surface area (TPSA) is 33.1 Å². The van der Waals surface area contributed by atoms with E-state index in [-0.39, 0.29) is 0 Å². The molecular weight excluding hydrogens is 287 g/mol. The molecule has 1 aliphatic rings. The first-order valence-electron chi connectivity index (χ1n) is 5.79. The van der Waals surface area contributed by atoms with Crippen LogP contribution in [0, 0.1) is 0 Å². The van der Waals surface area contributed by atoms with Crippen molar-refractivity contribution < 1.29 is 4.39 Å². The number of hydrogen-bond acceptors (Lipinski definition) is 3. The maximum atomic E-state index is 14.8. The lowest BCUT2D eigenvalue weighted by atomic mass is 10.0. The molecule has 1 fully saturated rings. The molecule has 0 amide bonds. The summed E-state index contributed by atoms with van der Waals surface area (Å²) in [6, 6.07) is 0. The van der Waals surface area contributed by atoms with Crippen molar-refractivity contribution in [2.75, 3.05) is 33.7 Å². The van der Waals surface area contributed by atoms with Crippen LogP contribution in [-0.2, 0) is 12.2 Å². The van der Waals surface area contributed by atoms with Crippen LogP contribution >= 0.6 is 15.9 Å². The summed E-state index contributed by atoms with van der Waals surface area (Å²) in [4.78, 5) is 2.07. The Labute approximate surface area is 109 Å². The van der Waals surface area contributed by atoms with Crippen molar-refractivity contribution in [1.29, 1.82) is 0 Å². The predicted octanol–water partition coefficient (Wildman–Crippen LogP) is 1.37. The maximum Gasteiger partial charge on any atom is 0.167 e. The number of aromatic nitrogens is 2. The molecule has 0 aliphatic carbocycles. The Balaban J connectivity index is 2.23. The van der Waals surface area contributed by atoms with Crippen molar-refractivity contribution in [3.05, 3.63) is 16.4 Å². The first-order chi connectivity index (χ1) is 8.03. The number of halogens is 2. The van der Waals surface area contributed by atoms with E-state index >= 15 is 0 Å². The van der Waals surface area contributed by atoms with Crippen LogP contribution in [0.3, 0.4) is 0 Å². The highest BCUT2D eigenvalue weighted by Crippen LogP contribution is 2.36. The fourth-order valence-corrected chi connectivity index (χ4v) is 2.79. The van der Waals surface area contributed by atoms with Crippen molar-refractivity contribution in [3.8, 4) is 0 Å². The molecule has 17 heavy (non-hydrogen) atoms. The van der Waals surface area contributed by atoms with E-state index in [0.29, 0.717) is 25.2 Å². The molecule has 0 spiro atoms. The lowest BCUT2D eigenvalue weighted by molar-refractivity contribution is 0.174. The molecule has 1 saturated heterocycles. The minimum atomic E-state index is -1.29. The molecule has 4 nitrogen and oxygen atoms in total. The molecule has 0 radical (unpaired) electrons. The highest BCUT2D eigenvalue weighted by Gasteiger charge is 2.40. The Bertz CT molecular complexity index is 385. The fourth-order valence-electron chi connectivity index (χ4n) is 2.14. The number of rotatable bonds is 4. The maximum absolute atomic E-state index is 14.8. The molecule has 1 unspecified atom stereocenters. The molecule has 6 heteroatoms. The Morgan fingerprint density at radius 2 is 2.41 bits per heavy atom.